The molecular formula is C54H40. The summed E-state index contributed by atoms with van der Waals surface area (Å²) in [7, 11) is 0. The van der Waals surface area contributed by atoms with Crippen molar-refractivity contribution in [1.82, 2.24) is 0 Å². The van der Waals surface area contributed by atoms with E-state index in [1.807, 2.05) is 0 Å². The van der Waals surface area contributed by atoms with Gasteiger partial charge in [-0.15, -0.1) is 0 Å². The highest BCUT2D eigenvalue weighted by Gasteiger charge is 2.42. The fourth-order valence-electron chi connectivity index (χ4n) is 9.66. The second-order valence-corrected chi connectivity index (χ2v) is 16.6. The molecule has 0 heterocycles. The Hall–Kier alpha value is -6.24. The predicted octanol–water partition coefficient (Wildman–Crippen LogP) is 14.8. The van der Waals surface area contributed by atoms with E-state index in [9.17, 15) is 0 Å². The van der Waals surface area contributed by atoms with Crippen LogP contribution in [0.2, 0.25) is 0 Å². The Morgan fingerprint density at radius 3 is 0.944 bits per heavy atom. The molecule has 0 unspecified atom stereocenters. The lowest BCUT2D eigenvalue weighted by Crippen LogP contribution is -2.19. The van der Waals surface area contributed by atoms with Crippen LogP contribution in [0.15, 0.2) is 170 Å². The normalized spacial score (nSPS) is 14.6. The summed E-state index contributed by atoms with van der Waals surface area (Å²) in [5.74, 6) is 0. The van der Waals surface area contributed by atoms with E-state index in [1.165, 1.54) is 110 Å². The van der Waals surface area contributed by atoms with Crippen molar-refractivity contribution < 1.29 is 0 Å². The molecule has 54 heavy (non-hydrogen) atoms. The smallest absolute Gasteiger partial charge is 0.0159 e. The molecule has 2 aliphatic rings. The van der Waals surface area contributed by atoms with Gasteiger partial charge in [0.2, 0.25) is 0 Å². The molecule has 11 rings (SSSR count). The molecule has 0 bridgehead atoms. The van der Waals surface area contributed by atoms with Gasteiger partial charge in [-0.25, -0.2) is 0 Å². The molecule has 0 nitrogen and oxygen atoms in total. The molecule has 0 heteroatoms. The fourth-order valence-corrected chi connectivity index (χ4v) is 9.66. The lowest BCUT2D eigenvalue weighted by atomic mass is 9.77. The molecule has 0 radical (unpaired) electrons. The highest BCUT2D eigenvalue weighted by atomic mass is 14.4. The molecule has 9 aromatic rings. The third kappa shape index (κ3) is 4.56. The number of fused-ring (bicyclic) bond motifs is 9. The van der Waals surface area contributed by atoms with Crippen molar-refractivity contribution >= 4 is 32.3 Å². The van der Waals surface area contributed by atoms with Gasteiger partial charge in [0.1, 0.15) is 0 Å². The number of hydrogen-bond acceptors (Lipinski definition) is 0. The third-order valence-electron chi connectivity index (χ3n) is 12.8. The van der Waals surface area contributed by atoms with E-state index in [0.717, 1.165) is 0 Å². The quantitative estimate of drug-likeness (QED) is 0.173. The summed E-state index contributed by atoms with van der Waals surface area (Å²) < 4.78 is 0. The highest BCUT2D eigenvalue weighted by Crippen LogP contribution is 2.57. The van der Waals surface area contributed by atoms with E-state index < -0.39 is 0 Å². The molecule has 0 aromatic heterocycles. The standard InChI is InChI=1S/C54H40/c1-53(2)49-29-43(41-16-14-34-10-6-8-12-36(34)26-41)21-23-45(49)47-31-48-46-24-22-44(30-50(46)54(3,4)52(48)32-51(47)53)42-20-19-39-27-38(17-18-40(39)28-42)37-15-13-33-9-5-7-11-35(33)25-37/h5-32H,1-4H3. The van der Waals surface area contributed by atoms with Crippen LogP contribution in [0.1, 0.15) is 49.9 Å². The third-order valence-corrected chi connectivity index (χ3v) is 12.8. The number of rotatable bonds is 3. The van der Waals surface area contributed by atoms with Crippen molar-refractivity contribution in [3.63, 3.8) is 0 Å². The molecule has 0 aliphatic heterocycles. The molecule has 0 N–H and O–H groups in total. The Morgan fingerprint density at radius 1 is 0.241 bits per heavy atom. The van der Waals surface area contributed by atoms with Gasteiger partial charge in [0.25, 0.3) is 0 Å². The van der Waals surface area contributed by atoms with Gasteiger partial charge in [-0.3, -0.25) is 0 Å². The van der Waals surface area contributed by atoms with Gasteiger partial charge in [-0.1, -0.05) is 155 Å². The van der Waals surface area contributed by atoms with Crippen molar-refractivity contribution in [1.29, 1.82) is 0 Å². The van der Waals surface area contributed by atoms with E-state index in [4.69, 9.17) is 0 Å². The summed E-state index contributed by atoms with van der Waals surface area (Å²) in [6.07, 6.45) is 0. The van der Waals surface area contributed by atoms with Crippen molar-refractivity contribution in [3.8, 4) is 55.6 Å². The average molecular weight is 689 g/mol. The second-order valence-electron chi connectivity index (χ2n) is 16.6. The van der Waals surface area contributed by atoms with Crippen LogP contribution in [0.5, 0.6) is 0 Å². The van der Waals surface area contributed by atoms with Gasteiger partial charge in [-0.05, 0) is 153 Å². The van der Waals surface area contributed by atoms with Gasteiger partial charge < -0.3 is 0 Å². The van der Waals surface area contributed by atoms with Crippen LogP contribution in [-0.2, 0) is 10.8 Å². The van der Waals surface area contributed by atoms with E-state index >= 15 is 0 Å². The minimum atomic E-state index is -0.109. The molecule has 0 atom stereocenters. The van der Waals surface area contributed by atoms with Gasteiger partial charge in [-0.2, -0.15) is 0 Å². The number of hydrogen-bond donors (Lipinski definition) is 0. The second kappa shape index (κ2) is 11.1. The van der Waals surface area contributed by atoms with E-state index in [0.29, 0.717) is 0 Å². The topological polar surface area (TPSA) is 0 Å². The first-order valence-electron chi connectivity index (χ1n) is 19.2. The maximum Gasteiger partial charge on any atom is 0.0159 e. The summed E-state index contributed by atoms with van der Waals surface area (Å²) >= 11 is 0. The molecule has 9 aromatic carbocycles. The zero-order valence-electron chi connectivity index (χ0n) is 31.2. The minimum absolute atomic E-state index is 0.0954. The summed E-state index contributed by atoms with van der Waals surface area (Å²) in [6, 6.07) is 64.0. The fraction of sp³-hybridized carbons (Fsp3) is 0.111. The van der Waals surface area contributed by atoms with Gasteiger partial charge >= 0.3 is 0 Å². The van der Waals surface area contributed by atoms with Crippen LogP contribution in [0.4, 0.5) is 0 Å². The van der Waals surface area contributed by atoms with Crippen molar-refractivity contribution in [3.05, 3.63) is 192 Å². The van der Waals surface area contributed by atoms with Crippen molar-refractivity contribution in [2.24, 2.45) is 0 Å². The van der Waals surface area contributed by atoms with Crippen LogP contribution in [0, 0.1) is 0 Å². The van der Waals surface area contributed by atoms with Crippen LogP contribution in [0.25, 0.3) is 88.0 Å². The summed E-state index contributed by atoms with van der Waals surface area (Å²) in [5.41, 5.74) is 18.6. The zero-order chi connectivity index (χ0) is 36.3. The van der Waals surface area contributed by atoms with Crippen LogP contribution in [0.3, 0.4) is 0 Å². The predicted molar refractivity (Wildman–Crippen MR) is 230 cm³/mol. The maximum atomic E-state index is 2.54. The van der Waals surface area contributed by atoms with Gasteiger partial charge in [0.15, 0.2) is 0 Å². The molecule has 0 spiro atoms. The van der Waals surface area contributed by atoms with Crippen LogP contribution in [-0.4, -0.2) is 0 Å². The molecule has 256 valence electrons. The molecular weight excluding hydrogens is 649 g/mol. The largest absolute Gasteiger partial charge is 0.0616 e. The summed E-state index contributed by atoms with van der Waals surface area (Å²) in [5, 5.41) is 7.64. The monoisotopic (exact) mass is 688 g/mol. The van der Waals surface area contributed by atoms with Crippen molar-refractivity contribution in [2.75, 3.05) is 0 Å². The zero-order valence-corrected chi connectivity index (χ0v) is 31.2. The minimum Gasteiger partial charge on any atom is -0.0616 e. The van der Waals surface area contributed by atoms with E-state index in [2.05, 4.69) is 198 Å². The molecule has 0 amide bonds. The SMILES string of the molecule is CC1(C)c2cc(-c3ccc4ccccc4c3)ccc2-c2cc3c(cc21)C(C)(C)c1cc(-c2ccc4cc(-c5ccc6ccccc6c5)ccc4c2)ccc1-3. The van der Waals surface area contributed by atoms with Crippen molar-refractivity contribution in [2.45, 2.75) is 38.5 Å². The molecule has 2 aliphatic carbocycles. The Kier molecular flexibility index (Phi) is 6.46. The first-order chi connectivity index (χ1) is 26.2. The molecule has 0 saturated heterocycles. The first kappa shape index (κ1) is 31.3. The van der Waals surface area contributed by atoms with Gasteiger partial charge in [0, 0.05) is 10.8 Å². The Bertz CT molecular complexity index is 3040. The lowest BCUT2D eigenvalue weighted by molar-refractivity contribution is 0.639. The summed E-state index contributed by atoms with van der Waals surface area (Å²) in [6.45, 7) is 9.64. The average Bonchev–Trinajstić information content (AvgIpc) is 3.57. The first-order valence-corrected chi connectivity index (χ1v) is 19.2. The lowest BCUT2D eigenvalue weighted by Gasteiger charge is -2.26. The van der Waals surface area contributed by atoms with Gasteiger partial charge in [0.05, 0.1) is 0 Å². The Labute approximate surface area is 317 Å². The van der Waals surface area contributed by atoms with Crippen LogP contribution >= 0.6 is 0 Å². The molecule has 0 saturated carbocycles. The van der Waals surface area contributed by atoms with Crippen LogP contribution < -0.4 is 0 Å². The highest BCUT2D eigenvalue weighted by molar-refractivity contribution is 5.96. The van der Waals surface area contributed by atoms with E-state index in [-0.39, 0.29) is 10.8 Å². The Balaban J connectivity index is 0.947. The summed E-state index contributed by atoms with van der Waals surface area (Å²) in [4.78, 5) is 0. The Morgan fingerprint density at radius 2 is 0.537 bits per heavy atom. The number of benzene rings is 9. The van der Waals surface area contributed by atoms with E-state index in [1.54, 1.807) is 0 Å². The molecule has 0 fully saturated rings. The maximum absolute atomic E-state index is 2.54.